The number of hydrogen-bond donors (Lipinski definition) is 0. The van der Waals surface area contributed by atoms with Gasteiger partial charge < -0.3 is 4.74 Å². The van der Waals surface area contributed by atoms with Crippen LogP contribution in [0.15, 0.2) is 30.3 Å². The Bertz CT molecular complexity index is 323. The van der Waals surface area contributed by atoms with Crippen LogP contribution in [0.2, 0.25) is 0 Å². The Balaban J connectivity index is 1.87. The molecule has 0 saturated carbocycles. The van der Waals surface area contributed by atoms with E-state index in [1.165, 1.54) is 24.9 Å². The van der Waals surface area contributed by atoms with Crippen LogP contribution in [0.25, 0.3) is 0 Å². The Morgan fingerprint density at radius 3 is 2.76 bits per heavy atom. The highest BCUT2D eigenvalue weighted by atomic mass is 16.5. The van der Waals surface area contributed by atoms with Crippen molar-refractivity contribution in [2.75, 3.05) is 13.2 Å². The molecule has 1 saturated heterocycles. The molecule has 0 bridgehead atoms. The number of nitrogens with zero attached hydrogens (tertiary/aromatic N) is 1. The zero-order chi connectivity index (χ0) is 12.1. The lowest BCUT2D eigenvalue weighted by Gasteiger charge is -2.25. The Kier molecular flexibility index (Phi) is 4.57. The van der Waals surface area contributed by atoms with Gasteiger partial charge in [-0.3, -0.25) is 4.90 Å². The standard InChI is InChI=1S/C15H23NO/c1-13(2)17-12-15-9-6-10-16(15)11-14-7-4-3-5-8-14/h3-5,7-8,13,15H,6,9-12H2,1-2H3/t15-/m0/s1. The quantitative estimate of drug-likeness (QED) is 0.775. The van der Waals surface area contributed by atoms with E-state index in [0.717, 1.165) is 13.2 Å². The molecular weight excluding hydrogens is 210 g/mol. The first-order chi connectivity index (χ1) is 8.25. The van der Waals surface area contributed by atoms with Gasteiger partial charge in [0, 0.05) is 12.6 Å². The monoisotopic (exact) mass is 233 g/mol. The maximum atomic E-state index is 5.75. The first kappa shape index (κ1) is 12.6. The molecule has 0 N–H and O–H groups in total. The zero-order valence-electron chi connectivity index (χ0n) is 10.9. The van der Waals surface area contributed by atoms with Crippen LogP contribution >= 0.6 is 0 Å². The fraction of sp³-hybridized carbons (Fsp3) is 0.600. The fourth-order valence-electron chi connectivity index (χ4n) is 2.41. The molecule has 1 aliphatic rings. The van der Waals surface area contributed by atoms with Gasteiger partial charge in [0.1, 0.15) is 0 Å². The second kappa shape index (κ2) is 6.18. The van der Waals surface area contributed by atoms with Crippen molar-refractivity contribution in [3.8, 4) is 0 Å². The van der Waals surface area contributed by atoms with Crippen LogP contribution in [0.4, 0.5) is 0 Å². The summed E-state index contributed by atoms with van der Waals surface area (Å²) in [5.74, 6) is 0. The van der Waals surface area contributed by atoms with Crippen LogP contribution in [-0.2, 0) is 11.3 Å². The van der Waals surface area contributed by atoms with Crippen molar-refractivity contribution in [2.24, 2.45) is 0 Å². The molecule has 94 valence electrons. The van der Waals surface area contributed by atoms with Crippen LogP contribution in [-0.4, -0.2) is 30.2 Å². The van der Waals surface area contributed by atoms with Gasteiger partial charge >= 0.3 is 0 Å². The highest BCUT2D eigenvalue weighted by Crippen LogP contribution is 2.20. The molecular formula is C15H23NO. The van der Waals surface area contributed by atoms with Gasteiger partial charge in [0.25, 0.3) is 0 Å². The summed E-state index contributed by atoms with van der Waals surface area (Å²) in [5, 5.41) is 0. The first-order valence-corrected chi connectivity index (χ1v) is 6.65. The van der Waals surface area contributed by atoms with Gasteiger partial charge in [0.05, 0.1) is 12.7 Å². The van der Waals surface area contributed by atoms with Crippen LogP contribution < -0.4 is 0 Å². The third-order valence-electron chi connectivity index (χ3n) is 3.35. The summed E-state index contributed by atoms with van der Waals surface area (Å²) < 4.78 is 5.75. The lowest BCUT2D eigenvalue weighted by Crippen LogP contribution is -2.33. The molecule has 2 heteroatoms. The number of benzene rings is 1. The van der Waals surface area contributed by atoms with Crippen molar-refractivity contribution in [3.63, 3.8) is 0 Å². The first-order valence-electron chi connectivity index (χ1n) is 6.65. The molecule has 0 radical (unpaired) electrons. The summed E-state index contributed by atoms with van der Waals surface area (Å²) in [7, 11) is 0. The van der Waals surface area contributed by atoms with Gasteiger partial charge in [-0.05, 0) is 38.8 Å². The van der Waals surface area contributed by atoms with Gasteiger partial charge in [0.2, 0.25) is 0 Å². The molecule has 17 heavy (non-hydrogen) atoms. The Morgan fingerprint density at radius 1 is 1.29 bits per heavy atom. The third kappa shape index (κ3) is 3.83. The number of likely N-dealkylation sites (tertiary alicyclic amines) is 1. The molecule has 1 fully saturated rings. The summed E-state index contributed by atoms with van der Waals surface area (Å²) >= 11 is 0. The van der Waals surface area contributed by atoms with E-state index in [4.69, 9.17) is 4.74 Å². The summed E-state index contributed by atoms with van der Waals surface area (Å²) in [5.41, 5.74) is 1.41. The predicted octanol–water partition coefficient (Wildman–Crippen LogP) is 3.08. The molecule has 1 heterocycles. The van der Waals surface area contributed by atoms with Crippen molar-refractivity contribution < 1.29 is 4.74 Å². The van der Waals surface area contributed by atoms with E-state index in [0.29, 0.717) is 12.1 Å². The maximum absolute atomic E-state index is 5.75. The predicted molar refractivity (Wildman–Crippen MR) is 71.0 cm³/mol. The lowest BCUT2D eigenvalue weighted by molar-refractivity contribution is 0.0355. The largest absolute Gasteiger partial charge is 0.377 e. The molecule has 1 atom stereocenters. The summed E-state index contributed by atoms with van der Waals surface area (Å²) in [6.07, 6.45) is 2.92. The van der Waals surface area contributed by atoms with E-state index >= 15 is 0 Å². The molecule has 0 spiro atoms. The fourth-order valence-corrected chi connectivity index (χ4v) is 2.41. The van der Waals surface area contributed by atoms with Gasteiger partial charge in [-0.15, -0.1) is 0 Å². The Labute approximate surface area is 105 Å². The maximum Gasteiger partial charge on any atom is 0.0625 e. The van der Waals surface area contributed by atoms with E-state index < -0.39 is 0 Å². The molecule has 0 aliphatic carbocycles. The molecule has 2 rings (SSSR count). The molecule has 1 aromatic rings. The molecule has 0 unspecified atom stereocenters. The van der Waals surface area contributed by atoms with E-state index in [1.807, 2.05) is 0 Å². The third-order valence-corrected chi connectivity index (χ3v) is 3.35. The van der Waals surface area contributed by atoms with E-state index in [9.17, 15) is 0 Å². The molecule has 0 aromatic heterocycles. The van der Waals surface area contributed by atoms with E-state index in [1.54, 1.807) is 0 Å². The van der Waals surface area contributed by atoms with Crippen molar-refractivity contribution >= 4 is 0 Å². The number of hydrogen-bond acceptors (Lipinski definition) is 2. The Morgan fingerprint density at radius 2 is 2.06 bits per heavy atom. The minimum Gasteiger partial charge on any atom is -0.377 e. The summed E-state index contributed by atoms with van der Waals surface area (Å²) in [6, 6.07) is 11.3. The van der Waals surface area contributed by atoms with Crippen LogP contribution in [0.1, 0.15) is 32.3 Å². The molecule has 2 nitrogen and oxygen atoms in total. The minimum atomic E-state index is 0.342. The highest BCUT2D eigenvalue weighted by Gasteiger charge is 2.24. The SMILES string of the molecule is CC(C)OC[C@@H]1CCCN1Cc1ccccc1. The van der Waals surface area contributed by atoms with Crippen molar-refractivity contribution in [2.45, 2.75) is 45.4 Å². The highest BCUT2D eigenvalue weighted by molar-refractivity contribution is 5.14. The van der Waals surface area contributed by atoms with Crippen molar-refractivity contribution in [1.82, 2.24) is 4.90 Å². The number of ether oxygens (including phenoxy) is 1. The lowest BCUT2D eigenvalue weighted by atomic mass is 10.2. The van der Waals surface area contributed by atoms with E-state index in [2.05, 4.69) is 49.1 Å². The van der Waals surface area contributed by atoms with Crippen LogP contribution in [0.5, 0.6) is 0 Å². The molecule has 1 aliphatic heterocycles. The van der Waals surface area contributed by atoms with Crippen LogP contribution in [0.3, 0.4) is 0 Å². The van der Waals surface area contributed by atoms with Crippen molar-refractivity contribution in [1.29, 1.82) is 0 Å². The smallest absolute Gasteiger partial charge is 0.0625 e. The topological polar surface area (TPSA) is 12.5 Å². The second-order valence-corrected chi connectivity index (χ2v) is 5.13. The normalized spacial score (nSPS) is 21.2. The van der Waals surface area contributed by atoms with Crippen LogP contribution in [0, 0.1) is 0 Å². The minimum absolute atomic E-state index is 0.342. The van der Waals surface area contributed by atoms with Gasteiger partial charge in [-0.25, -0.2) is 0 Å². The Hall–Kier alpha value is -0.860. The van der Waals surface area contributed by atoms with Gasteiger partial charge in [-0.2, -0.15) is 0 Å². The van der Waals surface area contributed by atoms with Gasteiger partial charge in [-0.1, -0.05) is 30.3 Å². The molecule has 1 aromatic carbocycles. The average molecular weight is 233 g/mol. The summed E-state index contributed by atoms with van der Waals surface area (Å²) in [4.78, 5) is 2.55. The second-order valence-electron chi connectivity index (χ2n) is 5.13. The summed E-state index contributed by atoms with van der Waals surface area (Å²) in [6.45, 7) is 7.37. The van der Waals surface area contributed by atoms with Gasteiger partial charge in [0.15, 0.2) is 0 Å². The zero-order valence-corrected chi connectivity index (χ0v) is 10.9. The number of rotatable bonds is 5. The molecule has 0 amide bonds. The van der Waals surface area contributed by atoms with Crippen molar-refractivity contribution in [3.05, 3.63) is 35.9 Å². The van der Waals surface area contributed by atoms with E-state index in [-0.39, 0.29) is 0 Å². The average Bonchev–Trinajstić information content (AvgIpc) is 2.75.